The largest absolute Gasteiger partial charge is 0.347 e. The normalized spacial score (nSPS) is 28.8. The number of Topliss-reactive ketones (excluding diaryl/α,β-unsaturated/α-hetero) is 1. The Morgan fingerprint density at radius 3 is 2.83 bits per heavy atom. The van der Waals surface area contributed by atoms with E-state index < -0.39 is 0 Å². The van der Waals surface area contributed by atoms with Crippen LogP contribution in [0.25, 0.3) is 0 Å². The molecule has 0 amide bonds. The number of hydrogen-bond acceptors (Lipinski definition) is 1. The molecule has 1 saturated carbocycles. The van der Waals surface area contributed by atoms with Crippen molar-refractivity contribution in [2.75, 3.05) is 0 Å². The molecule has 0 radical (unpaired) electrons. The van der Waals surface area contributed by atoms with Crippen molar-refractivity contribution in [1.82, 2.24) is 4.57 Å². The molecule has 1 heterocycles. The lowest BCUT2D eigenvalue weighted by Gasteiger charge is -2.27. The molecule has 0 aliphatic heterocycles. The second-order valence-corrected chi connectivity index (χ2v) is 6.04. The molecule has 2 atom stereocenters. The van der Waals surface area contributed by atoms with E-state index in [0.29, 0.717) is 11.8 Å². The van der Waals surface area contributed by atoms with E-state index in [9.17, 15) is 4.79 Å². The summed E-state index contributed by atoms with van der Waals surface area (Å²) in [5, 5.41) is 0. The van der Waals surface area contributed by atoms with Gasteiger partial charge < -0.3 is 4.57 Å². The molecule has 1 fully saturated rings. The van der Waals surface area contributed by atoms with Crippen LogP contribution in [0.3, 0.4) is 0 Å². The van der Waals surface area contributed by atoms with Crippen molar-refractivity contribution in [3.05, 3.63) is 23.5 Å². The van der Waals surface area contributed by atoms with Gasteiger partial charge in [-0.3, -0.25) is 4.79 Å². The van der Waals surface area contributed by atoms with Crippen LogP contribution in [0.15, 0.2) is 12.3 Å². The number of nitrogens with zero attached hydrogens (tertiary/aromatic N) is 1. The van der Waals surface area contributed by atoms with Crippen molar-refractivity contribution in [3.63, 3.8) is 0 Å². The van der Waals surface area contributed by atoms with E-state index in [1.54, 1.807) is 0 Å². The maximum absolute atomic E-state index is 11.9. The molecule has 2 heteroatoms. The van der Waals surface area contributed by atoms with Gasteiger partial charge in [-0.25, -0.2) is 0 Å². The third kappa shape index (κ3) is 2.02. The van der Waals surface area contributed by atoms with E-state index in [0.717, 1.165) is 30.7 Å². The quantitative estimate of drug-likeness (QED) is 0.681. The number of aromatic nitrogens is 1. The summed E-state index contributed by atoms with van der Waals surface area (Å²) in [6.07, 6.45) is 11.8. The average molecular weight is 245 g/mol. The van der Waals surface area contributed by atoms with Gasteiger partial charge >= 0.3 is 0 Å². The highest BCUT2D eigenvalue weighted by Crippen LogP contribution is 2.35. The number of hydrogen-bond donors (Lipinski definition) is 0. The fourth-order valence-corrected chi connectivity index (χ4v) is 3.75. The lowest BCUT2D eigenvalue weighted by molar-refractivity contribution is 0.0971. The lowest BCUT2D eigenvalue weighted by atomic mass is 9.93. The molecule has 0 aromatic carbocycles. The highest BCUT2D eigenvalue weighted by molar-refractivity contribution is 5.98. The minimum Gasteiger partial charge on any atom is -0.347 e. The third-order valence-corrected chi connectivity index (χ3v) is 4.82. The zero-order valence-corrected chi connectivity index (χ0v) is 11.3. The van der Waals surface area contributed by atoms with E-state index in [4.69, 9.17) is 0 Å². The summed E-state index contributed by atoms with van der Waals surface area (Å²) >= 11 is 0. The zero-order chi connectivity index (χ0) is 12.5. The number of rotatable bonds is 1. The summed E-state index contributed by atoms with van der Waals surface area (Å²) in [5.41, 5.74) is 2.34. The van der Waals surface area contributed by atoms with Crippen molar-refractivity contribution >= 4 is 5.78 Å². The van der Waals surface area contributed by atoms with Gasteiger partial charge in [-0.05, 0) is 37.7 Å². The molecular formula is C16H23NO. The summed E-state index contributed by atoms with van der Waals surface area (Å²) in [6.45, 7) is 2.38. The molecule has 2 aliphatic carbocycles. The van der Waals surface area contributed by atoms with Gasteiger partial charge in [0.05, 0.1) is 0 Å². The van der Waals surface area contributed by atoms with Crippen molar-refractivity contribution in [2.45, 2.75) is 64.3 Å². The standard InChI is InChI=1S/C16H23NO/c1-12-6-3-2-4-7-14(12)17-11-10-13-15(17)8-5-9-16(13)18/h10-12,14H,2-9H2,1H3. The molecule has 2 unspecified atom stereocenters. The molecular weight excluding hydrogens is 222 g/mol. The molecule has 0 bridgehead atoms. The minimum atomic E-state index is 0.358. The molecule has 1 aromatic rings. The van der Waals surface area contributed by atoms with E-state index >= 15 is 0 Å². The topological polar surface area (TPSA) is 22.0 Å². The van der Waals surface area contributed by atoms with Gasteiger partial charge in [0.2, 0.25) is 0 Å². The van der Waals surface area contributed by atoms with Gasteiger partial charge in [0.1, 0.15) is 0 Å². The van der Waals surface area contributed by atoms with Crippen LogP contribution < -0.4 is 0 Å². The number of carbonyl (C=O) groups is 1. The predicted molar refractivity (Wildman–Crippen MR) is 73.0 cm³/mol. The van der Waals surface area contributed by atoms with Crippen molar-refractivity contribution in [3.8, 4) is 0 Å². The molecule has 2 aliphatic rings. The Bertz CT molecular complexity index is 446. The summed E-state index contributed by atoms with van der Waals surface area (Å²) in [7, 11) is 0. The van der Waals surface area contributed by atoms with Crippen LogP contribution >= 0.6 is 0 Å². The van der Waals surface area contributed by atoms with Crippen molar-refractivity contribution in [1.29, 1.82) is 0 Å². The summed E-state index contributed by atoms with van der Waals surface area (Å²) in [6, 6.07) is 2.69. The monoisotopic (exact) mass is 245 g/mol. The van der Waals surface area contributed by atoms with Crippen molar-refractivity contribution < 1.29 is 4.79 Å². The Morgan fingerprint density at radius 1 is 1.11 bits per heavy atom. The van der Waals surface area contributed by atoms with Gasteiger partial charge in [-0.15, -0.1) is 0 Å². The lowest BCUT2D eigenvalue weighted by Crippen LogP contribution is -2.20. The maximum Gasteiger partial charge on any atom is 0.164 e. The maximum atomic E-state index is 11.9. The Hall–Kier alpha value is -1.05. The smallest absolute Gasteiger partial charge is 0.164 e. The second kappa shape index (κ2) is 4.91. The second-order valence-electron chi connectivity index (χ2n) is 6.04. The van der Waals surface area contributed by atoms with E-state index in [1.807, 2.05) is 0 Å². The summed E-state index contributed by atoms with van der Waals surface area (Å²) in [4.78, 5) is 11.9. The SMILES string of the molecule is CC1CCCCCC1n1ccc2c1CCCC2=O. The molecule has 98 valence electrons. The summed E-state index contributed by atoms with van der Waals surface area (Å²) < 4.78 is 2.45. The fourth-order valence-electron chi connectivity index (χ4n) is 3.75. The fraction of sp³-hybridized carbons (Fsp3) is 0.688. The predicted octanol–water partition coefficient (Wildman–Crippen LogP) is 4.15. The first-order chi connectivity index (χ1) is 8.77. The zero-order valence-electron chi connectivity index (χ0n) is 11.3. The molecule has 3 rings (SSSR count). The molecule has 0 spiro atoms. The highest BCUT2D eigenvalue weighted by Gasteiger charge is 2.27. The first kappa shape index (κ1) is 12.0. The molecule has 2 nitrogen and oxygen atoms in total. The van der Waals surface area contributed by atoms with Gasteiger partial charge in [-0.1, -0.05) is 26.2 Å². The Balaban J connectivity index is 1.94. The van der Waals surface area contributed by atoms with Gasteiger partial charge in [-0.2, -0.15) is 0 Å². The van der Waals surface area contributed by atoms with Crippen LogP contribution in [-0.4, -0.2) is 10.4 Å². The Labute approximate surface area is 109 Å². The van der Waals surface area contributed by atoms with E-state index in [1.165, 1.54) is 37.8 Å². The number of carbonyl (C=O) groups excluding carboxylic acids is 1. The Morgan fingerprint density at radius 2 is 1.94 bits per heavy atom. The van der Waals surface area contributed by atoms with Crippen molar-refractivity contribution in [2.24, 2.45) is 5.92 Å². The van der Waals surface area contributed by atoms with E-state index in [2.05, 4.69) is 23.8 Å². The molecule has 0 N–H and O–H groups in total. The van der Waals surface area contributed by atoms with Gasteiger partial charge in [0.15, 0.2) is 5.78 Å². The minimum absolute atomic E-state index is 0.358. The van der Waals surface area contributed by atoms with Crippen LogP contribution in [0.5, 0.6) is 0 Å². The molecule has 18 heavy (non-hydrogen) atoms. The van der Waals surface area contributed by atoms with Gasteiger partial charge in [0.25, 0.3) is 0 Å². The number of fused-ring (bicyclic) bond motifs is 1. The van der Waals surface area contributed by atoms with Gasteiger partial charge in [0, 0.05) is 29.9 Å². The molecule has 1 aromatic heterocycles. The average Bonchev–Trinajstić information content (AvgIpc) is 2.68. The van der Waals surface area contributed by atoms with E-state index in [-0.39, 0.29) is 0 Å². The van der Waals surface area contributed by atoms with Crippen LogP contribution in [0.1, 0.15) is 74.0 Å². The first-order valence-corrected chi connectivity index (χ1v) is 7.50. The van der Waals surface area contributed by atoms with Crippen LogP contribution in [0.2, 0.25) is 0 Å². The molecule has 0 saturated heterocycles. The van der Waals surface area contributed by atoms with Crippen LogP contribution in [0.4, 0.5) is 0 Å². The third-order valence-electron chi connectivity index (χ3n) is 4.82. The number of ketones is 1. The van der Waals surface area contributed by atoms with Crippen LogP contribution in [-0.2, 0) is 6.42 Å². The highest BCUT2D eigenvalue weighted by atomic mass is 16.1. The van der Waals surface area contributed by atoms with Crippen LogP contribution in [0, 0.1) is 5.92 Å². The Kier molecular flexibility index (Phi) is 3.27. The summed E-state index contributed by atoms with van der Waals surface area (Å²) in [5.74, 6) is 1.11. The first-order valence-electron chi connectivity index (χ1n) is 7.50.